The third kappa shape index (κ3) is 2.72. The van der Waals surface area contributed by atoms with Crippen molar-refractivity contribution in [3.63, 3.8) is 0 Å². The first kappa shape index (κ1) is 13.5. The summed E-state index contributed by atoms with van der Waals surface area (Å²) in [7, 11) is 3.54. The molecule has 1 amide bonds. The third-order valence-corrected chi connectivity index (χ3v) is 3.15. The highest BCUT2D eigenvalue weighted by atomic mass is 16.5. The third-order valence-electron chi connectivity index (χ3n) is 3.15. The highest BCUT2D eigenvalue weighted by Crippen LogP contribution is 2.23. The molecule has 0 atom stereocenters. The lowest BCUT2D eigenvalue weighted by Gasteiger charge is -2.08. The van der Waals surface area contributed by atoms with Crippen molar-refractivity contribution in [1.29, 1.82) is 0 Å². The van der Waals surface area contributed by atoms with E-state index in [9.17, 15) is 4.79 Å². The molecule has 0 aliphatic carbocycles. The minimum Gasteiger partial charge on any atom is -0.497 e. The van der Waals surface area contributed by atoms with E-state index in [0.717, 1.165) is 16.7 Å². The van der Waals surface area contributed by atoms with Gasteiger partial charge in [0.25, 0.3) is 5.91 Å². The van der Waals surface area contributed by atoms with Crippen molar-refractivity contribution in [3.05, 3.63) is 30.0 Å². The maximum atomic E-state index is 12.1. The Bertz CT molecular complexity index is 599. The smallest absolute Gasteiger partial charge is 0.267 e. The molecule has 0 aliphatic rings. The Morgan fingerprint density at radius 1 is 1.37 bits per heavy atom. The molecule has 0 unspecified atom stereocenters. The highest BCUT2D eigenvalue weighted by molar-refractivity contribution is 5.99. The van der Waals surface area contributed by atoms with E-state index in [4.69, 9.17) is 4.74 Å². The van der Waals surface area contributed by atoms with Crippen LogP contribution in [0.1, 0.15) is 24.3 Å². The molecular formula is C15H20N2O2. The first-order valence-corrected chi connectivity index (χ1v) is 6.44. The monoisotopic (exact) mass is 260 g/mol. The van der Waals surface area contributed by atoms with E-state index in [1.54, 1.807) is 7.11 Å². The average molecular weight is 260 g/mol. The van der Waals surface area contributed by atoms with Gasteiger partial charge in [-0.05, 0) is 30.2 Å². The summed E-state index contributed by atoms with van der Waals surface area (Å²) in [4.78, 5) is 12.1. The number of amides is 1. The number of ether oxygens (including phenoxy) is 1. The number of hydrogen-bond donors (Lipinski definition) is 1. The lowest BCUT2D eigenvalue weighted by molar-refractivity contribution is 0.0941. The zero-order chi connectivity index (χ0) is 14.0. The first-order chi connectivity index (χ1) is 9.02. The standard InChI is InChI=1S/C15H20N2O2/c1-10(2)9-16-15(18)14-8-11-7-12(19-4)5-6-13(11)17(14)3/h5-8,10H,9H2,1-4H3,(H,16,18). The second-order valence-corrected chi connectivity index (χ2v) is 5.12. The van der Waals surface area contributed by atoms with Gasteiger partial charge >= 0.3 is 0 Å². The predicted octanol–water partition coefficient (Wildman–Crippen LogP) is 2.57. The van der Waals surface area contributed by atoms with Gasteiger partial charge in [0.15, 0.2) is 0 Å². The van der Waals surface area contributed by atoms with Crippen molar-refractivity contribution < 1.29 is 9.53 Å². The van der Waals surface area contributed by atoms with Crippen LogP contribution in [0.3, 0.4) is 0 Å². The number of nitrogens with zero attached hydrogens (tertiary/aromatic N) is 1. The number of hydrogen-bond acceptors (Lipinski definition) is 2. The molecule has 0 fully saturated rings. The molecular weight excluding hydrogens is 240 g/mol. The van der Waals surface area contributed by atoms with Crippen LogP contribution in [0.2, 0.25) is 0 Å². The van der Waals surface area contributed by atoms with Crippen molar-refractivity contribution >= 4 is 16.8 Å². The summed E-state index contributed by atoms with van der Waals surface area (Å²) in [6.45, 7) is 4.84. The molecule has 102 valence electrons. The van der Waals surface area contributed by atoms with Crippen LogP contribution in [0, 0.1) is 5.92 Å². The van der Waals surface area contributed by atoms with Gasteiger partial charge in [0.2, 0.25) is 0 Å². The summed E-state index contributed by atoms with van der Waals surface area (Å²) in [6.07, 6.45) is 0. The van der Waals surface area contributed by atoms with Crippen LogP contribution in [0.5, 0.6) is 5.75 Å². The quantitative estimate of drug-likeness (QED) is 0.918. The summed E-state index contributed by atoms with van der Waals surface area (Å²) in [5, 5.41) is 3.95. The Kier molecular flexibility index (Phi) is 3.79. The van der Waals surface area contributed by atoms with Gasteiger partial charge in [-0.25, -0.2) is 0 Å². The van der Waals surface area contributed by atoms with Crippen molar-refractivity contribution in [2.75, 3.05) is 13.7 Å². The van der Waals surface area contributed by atoms with Gasteiger partial charge in [-0.1, -0.05) is 13.8 Å². The number of rotatable bonds is 4. The summed E-state index contributed by atoms with van der Waals surface area (Å²) < 4.78 is 7.11. The fraction of sp³-hybridized carbons (Fsp3) is 0.400. The van der Waals surface area contributed by atoms with Crippen LogP contribution in [-0.4, -0.2) is 24.1 Å². The Balaban J connectivity index is 2.33. The molecule has 4 nitrogen and oxygen atoms in total. The van der Waals surface area contributed by atoms with Gasteiger partial charge in [-0.15, -0.1) is 0 Å². The van der Waals surface area contributed by atoms with E-state index in [1.165, 1.54) is 0 Å². The molecule has 1 heterocycles. The van der Waals surface area contributed by atoms with Gasteiger partial charge in [0, 0.05) is 24.5 Å². The van der Waals surface area contributed by atoms with Crippen LogP contribution < -0.4 is 10.1 Å². The zero-order valence-corrected chi connectivity index (χ0v) is 11.9. The van der Waals surface area contributed by atoms with Crippen molar-refractivity contribution in [1.82, 2.24) is 9.88 Å². The molecule has 1 aromatic heterocycles. The maximum Gasteiger partial charge on any atom is 0.267 e. The minimum absolute atomic E-state index is 0.0358. The van der Waals surface area contributed by atoms with Gasteiger partial charge < -0.3 is 14.6 Å². The maximum absolute atomic E-state index is 12.1. The molecule has 4 heteroatoms. The van der Waals surface area contributed by atoms with Crippen molar-refractivity contribution in [2.24, 2.45) is 13.0 Å². The number of carbonyl (C=O) groups is 1. The molecule has 1 aromatic carbocycles. The molecule has 1 N–H and O–H groups in total. The number of carbonyl (C=O) groups excluding carboxylic acids is 1. The van der Waals surface area contributed by atoms with Gasteiger partial charge in [-0.3, -0.25) is 4.79 Å². The van der Waals surface area contributed by atoms with Gasteiger partial charge in [-0.2, -0.15) is 0 Å². The fourth-order valence-electron chi connectivity index (χ4n) is 2.06. The Hall–Kier alpha value is -1.97. The van der Waals surface area contributed by atoms with E-state index in [1.807, 2.05) is 35.9 Å². The number of aromatic nitrogens is 1. The zero-order valence-electron chi connectivity index (χ0n) is 11.9. The largest absolute Gasteiger partial charge is 0.497 e. The van der Waals surface area contributed by atoms with Crippen LogP contribution in [-0.2, 0) is 7.05 Å². The first-order valence-electron chi connectivity index (χ1n) is 6.44. The number of aryl methyl sites for hydroxylation is 1. The van der Waals surface area contributed by atoms with Gasteiger partial charge in [0.1, 0.15) is 11.4 Å². The average Bonchev–Trinajstić information content (AvgIpc) is 2.72. The molecule has 0 radical (unpaired) electrons. The second-order valence-electron chi connectivity index (χ2n) is 5.12. The molecule has 0 aliphatic heterocycles. The van der Waals surface area contributed by atoms with Crippen LogP contribution in [0.15, 0.2) is 24.3 Å². The molecule has 0 bridgehead atoms. The lowest BCUT2D eigenvalue weighted by atomic mass is 10.2. The van der Waals surface area contributed by atoms with Crippen molar-refractivity contribution in [2.45, 2.75) is 13.8 Å². The van der Waals surface area contributed by atoms with E-state index >= 15 is 0 Å². The van der Waals surface area contributed by atoms with E-state index in [0.29, 0.717) is 18.2 Å². The lowest BCUT2D eigenvalue weighted by Crippen LogP contribution is -2.28. The van der Waals surface area contributed by atoms with Gasteiger partial charge in [0.05, 0.1) is 7.11 Å². The number of nitrogens with one attached hydrogen (secondary N) is 1. The SMILES string of the molecule is COc1ccc2c(c1)cc(C(=O)NCC(C)C)n2C. The van der Waals surface area contributed by atoms with Crippen molar-refractivity contribution in [3.8, 4) is 5.75 Å². The number of benzene rings is 1. The molecule has 0 saturated carbocycles. The summed E-state index contributed by atoms with van der Waals surface area (Å²) in [5.74, 6) is 1.21. The van der Waals surface area contributed by atoms with Crippen LogP contribution in [0.4, 0.5) is 0 Å². The minimum atomic E-state index is -0.0358. The summed E-state index contributed by atoms with van der Waals surface area (Å²) in [5.41, 5.74) is 1.69. The van der Waals surface area contributed by atoms with E-state index in [2.05, 4.69) is 19.2 Å². The summed E-state index contributed by atoms with van der Waals surface area (Å²) in [6, 6.07) is 7.70. The molecule has 19 heavy (non-hydrogen) atoms. The predicted molar refractivity (Wildman–Crippen MR) is 76.6 cm³/mol. The molecule has 0 saturated heterocycles. The fourth-order valence-corrected chi connectivity index (χ4v) is 2.06. The topological polar surface area (TPSA) is 43.3 Å². The number of fused-ring (bicyclic) bond motifs is 1. The number of methoxy groups -OCH3 is 1. The summed E-state index contributed by atoms with van der Waals surface area (Å²) >= 11 is 0. The Morgan fingerprint density at radius 3 is 2.74 bits per heavy atom. The molecule has 2 rings (SSSR count). The van der Waals surface area contributed by atoms with E-state index < -0.39 is 0 Å². The molecule has 2 aromatic rings. The van der Waals surface area contributed by atoms with Crippen LogP contribution >= 0.6 is 0 Å². The Labute approximate surface area is 113 Å². The normalized spacial score (nSPS) is 11.0. The Morgan fingerprint density at radius 2 is 2.11 bits per heavy atom. The molecule has 0 spiro atoms. The van der Waals surface area contributed by atoms with Crippen LogP contribution in [0.25, 0.3) is 10.9 Å². The highest BCUT2D eigenvalue weighted by Gasteiger charge is 2.13. The second kappa shape index (κ2) is 5.34. The van der Waals surface area contributed by atoms with E-state index in [-0.39, 0.29) is 5.91 Å².